The van der Waals surface area contributed by atoms with E-state index in [9.17, 15) is 5.11 Å². The fourth-order valence-electron chi connectivity index (χ4n) is 2.80. The number of rotatable bonds is 1. The van der Waals surface area contributed by atoms with E-state index in [1.165, 1.54) is 32.2 Å². The maximum atomic E-state index is 9.30. The molecule has 2 rings (SSSR count). The first-order chi connectivity index (χ1) is 5.28. The van der Waals surface area contributed by atoms with Crippen LogP contribution in [0.1, 0.15) is 32.6 Å². The molecule has 0 aromatic carbocycles. The van der Waals surface area contributed by atoms with Gasteiger partial charge in [-0.3, -0.25) is 4.90 Å². The fraction of sp³-hybridized carbons (Fsp3) is 1.00. The lowest BCUT2D eigenvalue weighted by Gasteiger charge is -2.31. The zero-order valence-electron chi connectivity index (χ0n) is 7.21. The van der Waals surface area contributed by atoms with Crippen molar-refractivity contribution in [3.63, 3.8) is 0 Å². The molecule has 0 aromatic rings. The van der Waals surface area contributed by atoms with Crippen molar-refractivity contribution in [2.45, 2.75) is 44.2 Å². The number of aliphatic hydroxyl groups excluding tert-OH is 1. The Balaban J connectivity index is 2.18. The van der Waals surface area contributed by atoms with E-state index < -0.39 is 0 Å². The minimum atomic E-state index is 0.208. The molecule has 2 aliphatic heterocycles. The Morgan fingerprint density at radius 2 is 2.36 bits per heavy atom. The highest BCUT2D eigenvalue weighted by Gasteiger charge is 2.46. The maximum absolute atomic E-state index is 9.30. The predicted molar refractivity (Wildman–Crippen MR) is 44.5 cm³/mol. The van der Waals surface area contributed by atoms with Crippen molar-refractivity contribution < 1.29 is 5.11 Å². The normalized spacial score (nSPS) is 44.7. The van der Waals surface area contributed by atoms with Gasteiger partial charge in [-0.1, -0.05) is 0 Å². The molecule has 0 aliphatic carbocycles. The molecule has 1 N–H and O–H groups in total. The van der Waals surface area contributed by atoms with E-state index in [4.69, 9.17) is 0 Å². The summed E-state index contributed by atoms with van der Waals surface area (Å²) in [6.45, 7) is 3.86. The van der Waals surface area contributed by atoms with E-state index in [0.717, 1.165) is 0 Å². The van der Waals surface area contributed by atoms with Crippen LogP contribution in [-0.2, 0) is 0 Å². The van der Waals surface area contributed by atoms with Crippen molar-refractivity contribution in [2.24, 2.45) is 0 Å². The van der Waals surface area contributed by atoms with Gasteiger partial charge in [-0.2, -0.15) is 0 Å². The first-order valence-corrected chi connectivity index (χ1v) is 4.66. The molecule has 2 aliphatic rings. The summed E-state index contributed by atoms with van der Waals surface area (Å²) in [6.07, 6.45) is 4.99. The Kier molecular flexibility index (Phi) is 1.69. The van der Waals surface area contributed by atoms with Crippen molar-refractivity contribution in [1.29, 1.82) is 0 Å². The van der Waals surface area contributed by atoms with Crippen molar-refractivity contribution in [3.05, 3.63) is 0 Å². The second-order valence-electron chi connectivity index (χ2n) is 4.07. The first kappa shape index (κ1) is 7.56. The van der Waals surface area contributed by atoms with Crippen LogP contribution in [0.2, 0.25) is 0 Å². The van der Waals surface area contributed by atoms with Crippen molar-refractivity contribution >= 4 is 0 Å². The largest absolute Gasteiger partial charge is 0.394 e. The Morgan fingerprint density at radius 3 is 3.00 bits per heavy atom. The summed E-state index contributed by atoms with van der Waals surface area (Å²) < 4.78 is 0. The van der Waals surface area contributed by atoms with Crippen LogP contribution in [0.25, 0.3) is 0 Å². The number of hydrogen-bond donors (Lipinski definition) is 1. The molecule has 2 heterocycles. The van der Waals surface area contributed by atoms with E-state index in [2.05, 4.69) is 11.8 Å². The molecule has 2 saturated heterocycles. The average Bonchev–Trinajstić information content (AvgIpc) is 2.53. The highest BCUT2D eigenvalue weighted by molar-refractivity contribution is 5.02. The zero-order valence-corrected chi connectivity index (χ0v) is 7.21. The van der Waals surface area contributed by atoms with Crippen LogP contribution in [0, 0.1) is 0 Å². The molecule has 2 nitrogen and oxygen atoms in total. The standard InChI is InChI=1S/C9H17NO/c1-8-3-5-9(7-11)4-2-6-10(8)9/h8,11H,2-7H2,1H3/t8-,9-/m1/s1. The van der Waals surface area contributed by atoms with E-state index in [-0.39, 0.29) is 5.54 Å². The van der Waals surface area contributed by atoms with E-state index >= 15 is 0 Å². The van der Waals surface area contributed by atoms with Crippen LogP contribution in [-0.4, -0.2) is 34.7 Å². The third-order valence-corrected chi connectivity index (χ3v) is 3.50. The monoisotopic (exact) mass is 155 g/mol. The van der Waals surface area contributed by atoms with Gasteiger partial charge in [0.05, 0.1) is 6.61 Å². The van der Waals surface area contributed by atoms with Gasteiger partial charge in [-0.15, -0.1) is 0 Å². The summed E-state index contributed by atoms with van der Waals surface area (Å²) >= 11 is 0. The van der Waals surface area contributed by atoms with Crippen molar-refractivity contribution in [1.82, 2.24) is 4.90 Å². The van der Waals surface area contributed by atoms with Gasteiger partial charge in [0.2, 0.25) is 0 Å². The molecule has 0 spiro atoms. The highest BCUT2D eigenvalue weighted by atomic mass is 16.3. The highest BCUT2D eigenvalue weighted by Crippen LogP contribution is 2.41. The van der Waals surface area contributed by atoms with E-state index in [0.29, 0.717) is 12.6 Å². The summed E-state index contributed by atoms with van der Waals surface area (Å²) in [4.78, 5) is 2.51. The second kappa shape index (κ2) is 2.46. The van der Waals surface area contributed by atoms with Gasteiger partial charge in [0, 0.05) is 11.6 Å². The number of hydrogen-bond acceptors (Lipinski definition) is 2. The summed E-state index contributed by atoms with van der Waals surface area (Å²) in [5.74, 6) is 0. The van der Waals surface area contributed by atoms with Crippen LogP contribution < -0.4 is 0 Å². The summed E-state index contributed by atoms with van der Waals surface area (Å²) in [6, 6.07) is 0.713. The minimum Gasteiger partial charge on any atom is -0.394 e. The third-order valence-electron chi connectivity index (χ3n) is 3.50. The van der Waals surface area contributed by atoms with Gasteiger partial charge >= 0.3 is 0 Å². The van der Waals surface area contributed by atoms with Crippen molar-refractivity contribution in [2.75, 3.05) is 13.2 Å². The third kappa shape index (κ3) is 0.926. The van der Waals surface area contributed by atoms with Crippen LogP contribution >= 0.6 is 0 Å². The summed E-state index contributed by atoms with van der Waals surface area (Å²) in [7, 11) is 0. The van der Waals surface area contributed by atoms with Crippen LogP contribution in [0.5, 0.6) is 0 Å². The van der Waals surface area contributed by atoms with Gasteiger partial charge in [0.25, 0.3) is 0 Å². The summed E-state index contributed by atoms with van der Waals surface area (Å²) in [5.41, 5.74) is 0.208. The molecule has 0 amide bonds. The molecule has 64 valence electrons. The Morgan fingerprint density at radius 1 is 1.55 bits per heavy atom. The van der Waals surface area contributed by atoms with Crippen LogP contribution in [0.3, 0.4) is 0 Å². The van der Waals surface area contributed by atoms with Crippen LogP contribution in [0.4, 0.5) is 0 Å². The molecule has 0 unspecified atom stereocenters. The predicted octanol–water partition coefficient (Wildman–Crippen LogP) is 0.996. The SMILES string of the molecule is C[C@@H]1CC[C@@]2(CO)CCCN12. The molecule has 2 heteroatoms. The molecule has 0 aromatic heterocycles. The van der Waals surface area contributed by atoms with E-state index in [1.54, 1.807) is 0 Å². The van der Waals surface area contributed by atoms with Crippen LogP contribution in [0.15, 0.2) is 0 Å². The smallest absolute Gasteiger partial charge is 0.0615 e. The number of fused-ring (bicyclic) bond motifs is 1. The lowest BCUT2D eigenvalue weighted by molar-refractivity contribution is 0.0818. The first-order valence-electron chi connectivity index (χ1n) is 4.66. The molecule has 2 fully saturated rings. The fourth-order valence-corrected chi connectivity index (χ4v) is 2.80. The molecule has 0 saturated carbocycles. The quantitative estimate of drug-likeness (QED) is 0.610. The topological polar surface area (TPSA) is 23.5 Å². The molecule has 0 radical (unpaired) electrons. The molecule has 11 heavy (non-hydrogen) atoms. The lowest BCUT2D eigenvalue weighted by Crippen LogP contribution is -2.44. The molecular formula is C9H17NO. The van der Waals surface area contributed by atoms with Gasteiger partial charge in [0.1, 0.15) is 0 Å². The number of aliphatic hydroxyl groups is 1. The molecular weight excluding hydrogens is 138 g/mol. The Hall–Kier alpha value is -0.0800. The van der Waals surface area contributed by atoms with Gasteiger partial charge in [-0.25, -0.2) is 0 Å². The maximum Gasteiger partial charge on any atom is 0.0615 e. The van der Waals surface area contributed by atoms with Gasteiger partial charge < -0.3 is 5.11 Å². The molecule has 0 bridgehead atoms. The minimum absolute atomic E-state index is 0.208. The van der Waals surface area contributed by atoms with Gasteiger partial charge in [0.15, 0.2) is 0 Å². The second-order valence-corrected chi connectivity index (χ2v) is 4.07. The molecule has 2 atom stereocenters. The van der Waals surface area contributed by atoms with Crippen molar-refractivity contribution in [3.8, 4) is 0 Å². The number of nitrogens with zero attached hydrogens (tertiary/aromatic N) is 1. The van der Waals surface area contributed by atoms with Gasteiger partial charge in [-0.05, 0) is 39.2 Å². The Labute approximate surface area is 68.2 Å². The summed E-state index contributed by atoms with van der Waals surface area (Å²) in [5, 5.41) is 9.30. The average molecular weight is 155 g/mol. The zero-order chi connectivity index (χ0) is 7.90. The van der Waals surface area contributed by atoms with E-state index in [1.807, 2.05) is 0 Å². The Bertz CT molecular complexity index is 160. The lowest BCUT2D eigenvalue weighted by atomic mass is 9.95.